The van der Waals surface area contributed by atoms with E-state index in [2.05, 4.69) is 10.6 Å². The van der Waals surface area contributed by atoms with Gasteiger partial charge in [-0.05, 0) is 27.7 Å². The van der Waals surface area contributed by atoms with Crippen LogP contribution in [-0.2, 0) is 33.4 Å². The largest absolute Gasteiger partial charge is 0.480 e. The number of carboxylic acids is 1. The molecule has 0 saturated carbocycles. The van der Waals surface area contributed by atoms with E-state index in [0.29, 0.717) is 5.75 Å². The third-order valence-electron chi connectivity index (χ3n) is 5.10. The van der Waals surface area contributed by atoms with E-state index in [1.54, 1.807) is 34.6 Å². The molecule has 1 saturated heterocycles. The Morgan fingerprint density at radius 3 is 2.31 bits per heavy atom. The lowest BCUT2D eigenvalue weighted by molar-refractivity contribution is -0.165. The van der Waals surface area contributed by atoms with E-state index in [9.17, 15) is 33.9 Å². The summed E-state index contributed by atoms with van der Waals surface area (Å²) < 4.78 is 10.8. The van der Waals surface area contributed by atoms with Crippen molar-refractivity contribution < 1.29 is 43.3 Å². The van der Waals surface area contributed by atoms with E-state index in [4.69, 9.17) is 9.47 Å². The van der Waals surface area contributed by atoms with Crippen molar-refractivity contribution in [1.29, 1.82) is 0 Å². The van der Waals surface area contributed by atoms with E-state index in [1.807, 2.05) is 0 Å². The molecule has 1 rings (SSSR count). The number of cyclic esters (lactones) is 1. The van der Waals surface area contributed by atoms with Gasteiger partial charge in [0.1, 0.15) is 11.6 Å². The molecular formula is C23H37N3O9S. The second-order valence-corrected chi connectivity index (χ2v) is 11.2. The smallest absolute Gasteiger partial charge is 0.411 e. The number of aliphatic carboxylic acids is 1. The first-order chi connectivity index (χ1) is 16.5. The van der Waals surface area contributed by atoms with Gasteiger partial charge >= 0.3 is 18.0 Å². The minimum atomic E-state index is -1.45. The lowest BCUT2D eigenvalue weighted by Gasteiger charge is -2.39. The summed E-state index contributed by atoms with van der Waals surface area (Å²) in [4.78, 5) is 75.1. The van der Waals surface area contributed by atoms with Crippen molar-refractivity contribution in [3.63, 3.8) is 0 Å². The monoisotopic (exact) mass is 531 g/mol. The Hall–Kier alpha value is -2.83. The number of carbonyl (C=O) groups is 6. The number of esters is 1. The highest BCUT2D eigenvalue weighted by molar-refractivity contribution is 8.13. The molecule has 1 heterocycles. The lowest BCUT2D eigenvalue weighted by Crippen LogP contribution is -2.55. The van der Waals surface area contributed by atoms with Crippen molar-refractivity contribution in [1.82, 2.24) is 15.5 Å². The van der Waals surface area contributed by atoms with Crippen molar-refractivity contribution in [3.8, 4) is 0 Å². The predicted molar refractivity (Wildman–Crippen MR) is 131 cm³/mol. The molecule has 0 aromatic rings. The van der Waals surface area contributed by atoms with E-state index in [-0.39, 0.29) is 49.9 Å². The number of carboxylic acid groups (broad SMARTS) is 1. The molecule has 0 unspecified atom stereocenters. The molecule has 36 heavy (non-hydrogen) atoms. The van der Waals surface area contributed by atoms with E-state index < -0.39 is 47.1 Å². The van der Waals surface area contributed by atoms with Crippen LogP contribution >= 0.6 is 11.8 Å². The molecule has 0 radical (unpaired) electrons. The highest BCUT2D eigenvalue weighted by Gasteiger charge is 2.43. The first-order valence-corrected chi connectivity index (χ1v) is 12.6. The summed E-state index contributed by atoms with van der Waals surface area (Å²) in [6.07, 6.45) is -2.78. The summed E-state index contributed by atoms with van der Waals surface area (Å²) in [6.45, 7) is 9.19. The fourth-order valence-electron chi connectivity index (χ4n) is 3.21. The van der Waals surface area contributed by atoms with Gasteiger partial charge in [0.25, 0.3) is 5.91 Å². The van der Waals surface area contributed by atoms with Crippen LogP contribution < -0.4 is 10.6 Å². The topological polar surface area (TPSA) is 168 Å². The number of carbonyl (C=O) groups excluding carboxylic acids is 5. The van der Waals surface area contributed by atoms with Crippen LogP contribution in [0.4, 0.5) is 4.79 Å². The van der Waals surface area contributed by atoms with Crippen LogP contribution in [0, 0.1) is 5.41 Å². The van der Waals surface area contributed by atoms with Gasteiger partial charge in [-0.15, -0.1) is 0 Å². The number of hydrogen-bond acceptors (Lipinski definition) is 9. The quantitative estimate of drug-likeness (QED) is 0.440. The zero-order chi connectivity index (χ0) is 27.7. The van der Waals surface area contributed by atoms with Crippen molar-refractivity contribution >= 4 is 46.7 Å². The average molecular weight is 532 g/mol. The maximum absolute atomic E-state index is 13.1. The zero-order valence-electron chi connectivity index (χ0n) is 21.7. The number of amides is 3. The molecule has 3 N–H and O–H groups in total. The summed E-state index contributed by atoms with van der Waals surface area (Å²) in [5.74, 6) is -2.77. The molecule has 204 valence electrons. The molecule has 1 fully saturated rings. The van der Waals surface area contributed by atoms with Gasteiger partial charge in [-0.2, -0.15) is 0 Å². The maximum Gasteiger partial charge on any atom is 0.411 e. The standard InChI is InChI=1S/C23H37N3O9S/c1-14(20(31)32)26(21(33)35-22(2,3)4)13-23(5,6)18-19(30)25-10-9-15(27)24-11-12-36-17(29)8-7-16(28)34-18/h14,18H,7-13H2,1-6H3,(H,24,27)(H,25,30)(H,31,32)/t14-,18-/m0/s1. The summed E-state index contributed by atoms with van der Waals surface area (Å²) >= 11 is 0.983. The molecule has 0 aromatic carbocycles. The maximum atomic E-state index is 13.1. The second kappa shape index (κ2) is 13.5. The minimum absolute atomic E-state index is 0.0362. The Balaban J connectivity index is 3.23. The van der Waals surface area contributed by atoms with Crippen LogP contribution in [0.25, 0.3) is 0 Å². The van der Waals surface area contributed by atoms with Crippen molar-refractivity contribution in [2.75, 3.05) is 25.4 Å². The van der Waals surface area contributed by atoms with Crippen molar-refractivity contribution in [2.45, 2.75) is 78.6 Å². The molecule has 13 heteroatoms. The Bertz CT molecular complexity index is 854. The van der Waals surface area contributed by atoms with Crippen LogP contribution in [0.1, 0.15) is 60.8 Å². The summed E-state index contributed by atoms with van der Waals surface area (Å²) in [7, 11) is 0. The number of hydrogen-bond donors (Lipinski definition) is 3. The molecule has 0 aliphatic carbocycles. The first-order valence-electron chi connectivity index (χ1n) is 11.7. The van der Waals surface area contributed by atoms with Gasteiger partial charge in [-0.3, -0.25) is 24.1 Å². The number of thioether (sulfide) groups is 1. The van der Waals surface area contributed by atoms with Crippen LogP contribution in [0.5, 0.6) is 0 Å². The molecule has 3 amide bonds. The predicted octanol–water partition coefficient (Wildman–Crippen LogP) is 1.31. The number of nitrogens with one attached hydrogen (secondary N) is 2. The van der Waals surface area contributed by atoms with E-state index in [0.717, 1.165) is 16.7 Å². The highest BCUT2D eigenvalue weighted by Crippen LogP contribution is 2.28. The van der Waals surface area contributed by atoms with Crippen molar-refractivity contribution in [3.05, 3.63) is 0 Å². The Labute approximate surface area is 215 Å². The summed E-state index contributed by atoms with van der Waals surface area (Å²) in [6, 6.07) is -1.31. The van der Waals surface area contributed by atoms with Gasteiger partial charge in [-0.1, -0.05) is 25.6 Å². The highest BCUT2D eigenvalue weighted by atomic mass is 32.2. The van der Waals surface area contributed by atoms with Crippen LogP contribution in [0.2, 0.25) is 0 Å². The fraction of sp³-hybridized carbons (Fsp3) is 0.739. The van der Waals surface area contributed by atoms with Gasteiger partial charge < -0.3 is 25.2 Å². The van der Waals surface area contributed by atoms with Crippen LogP contribution in [-0.4, -0.2) is 88.1 Å². The zero-order valence-corrected chi connectivity index (χ0v) is 22.5. The Morgan fingerprint density at radius 1 is 1.08 bits per heavy atom. The average Bonchev–Trinajstić information content (AvgIpc) is 2.75. The second-order valence-electron chi connectivity index (χ2n) is 10.1. The molecule has 12 nitrogen and oxygen atoms in total. The molecule has 0 aromatic heterocycles. The number of nitrogens with zero attached hydrogens (tertiary/aromatic N) is 1. The van der Waals surface area contributed by atoms with Gasteiger partial charge in [0.05, 0.1) is 6.42 Å². The number of ether oxygens (including phenoxy) is 2. The van der Waals surface area contributed by atoms with E-state index >= 15 is 0 Å². The minimum Gasteiger partial charge on any atom is -0.480 e. The molecule has 0 bridgehead atoms. The molecule has 1 aliphatic rings. The third-order valence-corrected chi connectivity index (χ3v) is 6.03. The summed E-state index contributed by atoms with van der Waals surface area (Å²) in [5, 5.41) is 14.5. The fourth-order valence-corrected chi connectivity index (χ4v) is 3.88. The summed E-state index contributed by atoms with van der Waals surface area (Å²) in [5.41, 5.74) is -2.19. The number of rotatable bonds is 5. The third kappa shape index (κ3) is 10.8. The molecule has 0 spiro atoms. The van der Waals surface area contributed by atoms with Gasteiger partial charge in [-0.25, -0.2) is 9.59 Å². The Morgan fingerprint density at radius 2 is 1.72 bits per heavy atom. The van der Waals surface area contributed by atoms with Crippen LogP contribution in [0.3, 0.4) is 0 Å². The molecular weight excluding hydrogens is 494 g/mol. The normalized spacial score (nSPS) is 20.1. The lowest BCUT2D eigenvalue weighted by atomic mass is 9.84. The Kier molecular flexibility index (Phi) is 11.7. The van der Waals surface area contributed by atoms with Gasteiger partial charge in [0, 0.05) is 43.6 Å². The van der Waals surface area contributed by atoms with Gasteiger partial charge in [0.2, 0.25) is 5.91 Å². The van der Waals surface area contributed by atoms with E-state index in [1.165, 1.54) is 6.92 Å². The first kappa shape index (κ1) is 31.2. The van der Waals surface area contributed by atoms with Crippen LogP contribution in [0.15, 0.2) is 0 Å². The van der Waals surface area contributed by atoms with Gasteiger partial charge in [0.15, 0.2) is 11.2 Å². The molecule has 1 aliphatic heterocycles. The SMILES string of the molecule is C[C@@H](C(=O)O)N(CC(C)(C)[C@H]1OC(=O)CCC(=O)SCCNC(=O)CCNC1=O)C(=O)OC(C)(C)C. The van der Waals surface area contributed by atoms with Crippen molar-refractivity contribution in [2.24, 2.45) is 5.41 Å². The molecule has 2 atom stereocenters.